The Bertz CT molecular complexity index is 1350. The highest BCUT2D eigenvalue weighted by atomic mass is 16.4. The lowest BCUT2D eigenvalue weighted by Crippen LogP contribution is -2.58. The summed E-state index contributed by atoms with van der Waals surface area (Å²) in [6.45, 7) is 3.98. The maximum Gasteiger partial charge on any atom is 0.326 e. The average molecular weight is 548 g/mol. The summed E-state index contributed by atoms with van der Waals surface area (Å²) < 4.78 is 0. The molecule has 1 fully saturated rings. The number of nitrogens with two attached hydrogens (primary N) is 1. The lowest BCUT2D eigenvalue weighted by atomic mass is 10.00. The van der Waals surface area contributed by atoms with Crippen LogP contribution in [-0.2, 0) is 32.0 Å². The van der Waals surface area contributed by atoms with Crippen molar-refractivity contribution in [3.05, 3.63) is 71.9 Å². The number of hydrogen-bond donors (Lipinski definition) is 5. The summed E-state index contributed by atoms with van der Waals surface area (Å²) in [7, 11) is 0. The number of carbonyl (C=O) groups excluding carboxylic acids is 3. The lowest BCUT2D eigenvalue weighted by Gasteiger charge is -2.31. The molecule has 0 spiro atoms. The van der Waals surface area contributed by atoms with E-state index < -0.39 is 42.0 Å². The first-order chi connectivity index (χ1) is 19.2. The number of nitrogens with one attached hydrogen (secondary N) is 3. The van der Waals surface area contributed by atoms with Gasteiger partial charge in [0.25, 0.3) is 0 Å². The van der Waals surface area contributed by atoms with Gasteiger partial charge in [0.15, 0.2) is 0 Å². The Hall–Kier alpha value is -4.18. The van der Waals surface area contributed by atoms with Crippen molar-refractivity contribution < 1.29 is 24.3 Å². The molecule has 0 aliphatic carbocycles. The average Bonchev–Trinajstić information content (AvgIpc) is 3.59. The van der Waals surface area contributed by atoms with Gasteiger partial charge < -0.3 is 31.4 Å². The third-order valence-electron chi connectivity index (χ3n) is 7.42. The molecule has 40 heavy (non-hydrogen) atoms. The van der Waals surface area contributed by atoms with Gasteiger partial charge in [0.05, 0.1) is 6.04 Å². The van der Waals surface area contributed by atoms with Gasteiger partial charge in [0.1, 0.15) is 18.1 Å². The summed E-state index contributed by atoms with van der Waals surface area (Å²) in [5, 5.41) is 16.1. The highest BCUT2D eigenvalue weighted by Crippen LogP contribution is 2.22. The molecule has 0 unspecified atom stereocenters. The molecular formula is C30H37N5O5. The smallest absolute Gasteiger partial charge is 0.326 e. The monoisotopic (exact) mass is 547 g/mol. The summed E-state index contributed by atoms with van der Waals surface area (Å²) in [4.78, 5) is 56.4. The molecule has 3 aromatic rings. The summed E-state index contributed by atoms with van der Waals surface area (Å²) in [6, 6.07) is 13.1. The van der Waals surface area contributed by atoms with Gasteiger partial charge in [0, 0.05) is 30.1 Å². The first kappa shape index (κ1) is 28.8. The van der Waals surface area contributed by atoms with Crippen LogP contribution in [0.4, 0.5) is 0 Å². The molecule has 10 nitrogen and oxygen atoms in total. The zero-order chi connectivity index (χ0) is 28.8. The van der Waals surface area contributed by atoms with Gasteiger partial charge >= 0.3 is 5.97 Å². The van der Waals surface area contributed by atoms with Crippen molar-refractivity contribution in [2.75, 3.05) is 6.54 Å². The first-order valence-electron chi connectivity index (χ1n) is 13.6. The Kier molecular flexibility index (Phi) is 9.21. The third kappa shape index (κ3) is 6.69. The summed E-state index contributed by atoms with van der Waals surface area (Å²) >= 11 is 0. The van der Waals surface area contributed by atoms with Crippen molar-refractivity contribution in [3.8, 4) is 0 Å². The Morgan fingerprint density at radius 3 is 2.42 bits per heavy atom. The second-order valence-electron chi connectivity index (χ2n) is 10.7. The van der Waals surface area contributed by atoms with E-state index in [4.69, 9.17) is 5.73 Å². The van der Waals surface area contributed by atoms with E-state index in [2.05, 4.69) is 15.6 Å². The Balaban J connectivity index is 1.41. The summed E-state index contributed by atoms with van der Waals surface area (Å²) in [5.74, 6) is -2.75. The zero-order valence-corrected chi connectivity index (χ0v) is 22.8. The fourth-order valence-electron chi connectivity index (χ4n) is 5.20. The summed E-state index contributed by atoms with van der Waals surface area (Å²) in [6.07, 6.45) is 3.26. The van der Waals surface area contributed by atoms with E-state index >= 15 is 0 Å². The number of likely N-dealkylation sites (tertiary alicyclic amines) is 1. The van der Waals surface area contributed by atoms with Gasteiger partial charge in [-0.25, -0.2) is 4.79 Å². The number of fused-ring (bicyclic) bond motifs is 1. The number of para-hydroxylation sites is 1. The van der Waals surface area contributed by atoms with Gasteiger partial charge in [-0.3, -0.25) is 14.4 Å². The molecule has 2 aromatic carbocycles. The van der Waals surface area contributed by atoms with Crippen LogP contribution in [0, 0.1) is 5.92 Å². The van der Waals surface area contributed by atoms with Crippen LogP contribution in [0.2, 0.25) is 0 Å². The number of amides is 3. The molecule has 4 rings (SSSR count). The number of hydrogen-bond acceptors (Lipinski definition) is 5. The SMILES string of the molecule is CC(C)[C@H](NC(=O)[C@@H](N)Cc1c[nH]c2ccccc12)C(=O)N1CCC[C@H]1C(=O)N[C@@H](Cc1ccccc1)C(=O)O. The fourth-order valence-corrected chi connectivity index (χ4v) is 5.20. The van der Waals surface area contributed by atoms with Crippen LogP contribution >= 0.6 is 0 Å². The van der Waals surface area contributed by atoms with Gasteiger partial charge in [0.2, 0.25) is 17.7 Å². The quantitative estimate of drug-likeness (QED) is 0.247. The number of aromatic nitrogens is 1. The number of aliphatic carboxylic acids is 1. The normalized spacial score (nSPS) is 17.4. The lowest BCUT2D eigenvalue weighted by molar-refractivity contribution is -0.145. The number of carboxylic acid groups (broad SMARTS) is 1. The van der Waals surface area contributed by atoms with Crippen LogP contribution in [-0.4, -0.2) is 69.4 Å². The Morgan fingerprint density at radius 2 is 1.73 bits per heavy atom. The molecule has 212 valence electrons. The molecule has 1 aliphatic rings. The van der Waals surface area contributed by atoms with E-state index in [9.17, 15) is 24.3 Å². The molecule has 2 heterocycles. The number of nitrogens with zero attached hydrogens (tertiary/aromatic N) is 1. The van der Waals surface area contributed by atoms with Crippen molar-refractivity contribution in [2.24, 2.45) is 11.7 Å². The predicted octanol–water partition coefficient (Wildman–Crippen LogP) is 1.98. The van der Waals surface area contributed by atoms with Crippen molar-refractivity contribution >= 4 is 34.6 Å². The topological polar surface area (TPSA) is 158 Å². The van der Waals surface area contributed by atoms with Crippen LogP contribution in [0.3, 0.4) is 0 Å². The molecule has 0 saturated carbocycles. The molecule has 1 aromatic heterocycles. The van der Waals surface area contributed by atoms with Gasteiger partial charge in [-0.15, -0.1) is 0 Å². The van der Waals surface area contributed by atoms with Crippen LogP contribution in [0.15, 0.2) is 60.8 Å². The molecule has 4 atom stereocenters. The van der Waals surface area contributed by atoms with E-state index in [1.165, 1.54) is 4.90 Å². The number of H-pyrrole nitrogens is 1. The summed E-state index contributed by atoms with van der Waals surface area (Å²) in [5.41, 5.74) is 8.89. The molecular weight excluding hydrogens is 510 g/mol. The van der Waals surface area contributed by atoms with Crippen molar-refractivity contribution in [2.45, 2.75) is 63.7 Å². The van der Waals surface area contributed by atoms with Gasteiger partial charge in [-0.2, -0.15) is 0 Å². The van der Waals surface area contributed by atoms with E-state index in [-0.39, 0.29) is 18.2 Å². The van der Waals surface area contributed by atoms with Crippen LogP contribution in [0.25, 0.3) is 10.9 Å². The van der Waals surface area contributed by atoms with E-state index in [0.29, 0.717) is 25.8 Å². The largest absolute Gasteiger partial charge is 0.480 e. The molecule has 10 heteroatoms. The highest BCUT2D eigenvalue weighted by Gasteiger charge is 2.40. The molecule has 0 radical (unpaired) electrons. The molecule has 1 aliphatic heterocycles. The molecule has 1 saturated heterocycles. The fraction of sp³-hybridized carbons (Fsp3) is 0.400. The van der Waals surface area contributed by atoms with Crippen LogP contribution in [0.1, 0.15) is 37.8 Å². The number of benzene rings is 2. The van der Waals surface area contributed by atoms with Crippen molar-refractivity contribution in [3.63, 3.8) is 0 Å². The van der Waals surface area contributed by atoms with E-state index in [1.807, 2.05) is 50.4 Å². The number of carboxylic acids is 1. The molecule has 6 N–H and O–H groups in total. The van der Waals surface area contributed by atoms with Gasteiger partial charge in [-0.1, -0.05) is 62.4 Å². The highest BCUT2D eigenvalue weighted by molar-refractivity contribution is 5.95. The minimum Gasteiger partial charge on any atom is -0.480 e. The number of rotatable bonds is 11. The third-order valence-corrected chi connectivity index (χ3v) is 7.42. The molecule has 0 bridgehead atoms. The Labute approximate surface area is 233 Å². The number of carbonyl (C=O) groups is 4. The minimum absolute atomic E-state index is 0.127. The van der Waals surface area contributed by atoms with E-state index in [0.717, 1.165) is 22.0 Å². The molecule has 3 amide bonds. The van der Waals surface area contributed by atoms with Crippen molar-refractivity contribution in [1.82, 2.24) is 20.5 Å². The van der Waals surface area contributed by atoms with Gasteiger partial charge in [-0.05, 0) is 42.4 Å². The van der Waals surface area contributed by atoms with E-state index in [1.54, 1.807) is 24.3 Å². The predicted molar refractivity (Wildman–Crippen MR) is 151 cm³/mol. The second kappa shape index (κ2) is 12.8. The standard InChI is InChI=1S/C30H37N5O5/c1-18(2)26(34-27(36)22(31)16-20-17-32-23-12-7-6-11-21(20)23)29(38)35-14-8-13-25(35)28(37)33-24(30(39)40)15-19-9-4-3-5-10-19/h3-7,9-12,17-18,22,24-26,32H,8,13-16,31H2,1-2H3,(H,33,37)(H,34,36)(H,39,40)/t22-,24-,25-,26-/m0/s1. The maximum atomic E-state index is 13.6. The van der Waals surface area contributed by atoms with Crippen molar-refractivity contribution in [1.29, 1.82) is 0 Å². The zero-order valence-electron chi connectivity index (χ0n) is 22.8. The van der Waals surface area contributed by atoms with Crippen LogP contribution < -0.4 is 16.4 Å². The maximum absolute atomic E-state index is 13.6. The van der Waals surface area contributed by atoms with Crippen LogP contribution in [0.5, 0.6) is 0 Å². The first-order valence-corrected chi connectivity index (χ1v) is 13.6. The second-order valence-corrected chi connectivity index (χ2v) is 10.7. The number of aromatic amines is 1. The minimum atomic E-state index is -1.15. The Morgan fingerprint density at radius 1 is 1.02 bits per heavy atom.